The summed E-state index contributed by atoms with van der Waals surface area (Å²) in [6.45, 7) is 2.03. The summed E-state index contributed by atoms with van der Waals surface area (Å²) in [5, 5.41) is 18.5. The zero-order chi connectivity index (χ0) is 14.5. The number of nitrogens with one attached hydrogen (secondary N) is 1. The van der Waals surface area contributed by atoms with Gasteiger partial charge in [0, 0.05) is 6.54 Å². The molecular weight excluding hydrogens is 260 g/mol. The first-order valence-corrected chi connectivity index (χ1v) is 6.01. The van der Waals surface area contributed by atoms with Gasteiger partial charge in [-0.1, -0.05) is 29.5 Å². The van der Waals surface area contributed by atoms with Gasteiger partial charge >= 0.3 is 5.97 Å². The number of benzene rings is 1. The number of aliphatic carboxylic acids is 1. The summed E-state index contributed by atoms with van der Waals surface area (Å²) in [5.41, 5.74) is 2.20. The van der Waals surface area contributed by atoms with Crippen molar-refractivity contribution < 1.29 is 14.7 Å². The van der Waals surface area contributed by atoms with Crippen LogP contribution in [0.4, 0.5) is 0 Å². The third-order valence-electron chi connectivity index (χ3n) is 2.77. The Balaban J connectivity index is 1.97. The van der Waals surface area contributed by atoms with Crippen LogP contribution in [0, 0.1) is 6.92 Å². The van der Waals surface area contributed by atoms with E-state index in [1.807, 2.05) is 31.2 Å². The molecule has 0 aliphatic carbocycles. The predicted molar refractivity (Wildman–Crippen MR) is 70.0 cm³/mol. The highest BCUT2D eigenvalue weighted by Crippen LogP contribution is 2.06. The van der Waals surface area contributed by atoms with Crippen molar-refractivity contribution in [2.75, 3.05) is 0 Å². The number of hydrogen-bond donors (Lipinski definition) is 2. The first kappa shape index (κ1) is 13.7. The monoisotopic (exact) mass is 274 g/mol. The molecule has 0 unspecified atom stereocenters. The maximum atomic E-state index is 11.9. The SMILES string of the molecule is Cc1ccccc1CNC(=O)c1cn(CC(=O)O)nn1. The molecule has 7 nitrogen and oxygen atoms in total. The largest absolute Gasteiger partial charge is 0.480 e. The first-order chi connectivity index (χ1) is 9.56. The minimum Gasteiger partial charge on any atom is -0.480 e. The van der Waals surface area contributed by atoms with Crippen molar-refractivity contribution in [3.05, 3.63) is 47.3 Å². The number of carbonyl (C=O) groups excluding carboxylic acids is 1. The number of amides is 1. The van der Waals surface area contributed by atoms with Gasteiger partial charge in [0.25, 0.3) is 5.91 Å². The lowest BCUT2D eigenvalue weighted by molar-refractivity contribution is -0.137. The van der Waals surface area contributed by atoms with Gasteiger partial charge in [-0.2, -0.15) is 0 Å². The maximum Gasteiger partial charge on any atom is 0.325 e. The van der Waals surface area contributed by atoms with Crippen LogP contribution >= 0.6 is 0 Å². The molecule has 0 spiro atoms. The Morgan fingerprint density at radius 2 is 2.10 bits per heavy atom. The molecule has 0 fully saturated rings. The number of carboxylic acid groups (broad SMARTS) is 1. The molecule has 0 aliphatic heterocycles. The summed E-state index contributed by atoms with van der Waals surface area (Å²) >= 11 is 0. The maximum absolute atomic E-state index is 11.9. The third kappa shape index (κ3) is 3.41. The molecule has 0 bridgehead atoms. The molecule has 2 rings (SSSR count). The van der Waals surface area contributed by atoms with Crippen molar-refractivity contribution in [2.45, 2.75) is 20.0 Å². The van der Waals surface area contributed by atoms with E-state index in [-0.39, 0.29) is 18.1 Å². The Kier molecular flexibility index (Phi) is 4.09. The molecular formula is C13H14N4O3. The topological polar surface area (TPSA) is 97.1 Å². The quantitative estimate of drug-likeness (QED) is 0.832. The molecule has 2 N–H and O–H groups in total. The summed E-state index contributed by atoms with van der Waals surface area (Å²) in [6, 6.07) is 7.72. The zero-order valence-corrected chi connectivity index (χ0v) is 10.9. The van der Waals surface area contributed by atoms with E-state index in [9.17, 15) is 9.59 Å². The van der Waals surface area contributed by atoms with Crippen LogP contribution in [-0.4, -0.2) is 32.0 Å². The number of hydrogen-bond acceptors (Lipinski definition) is 4. The van der Waals surface area contributed by atoms with Gasteiger partial charge in [-0.3, -0.25) is 9.59 Å². The normalized spacial score (nSPS) is 10.2. The minimum absolute atomic E-state index is 0.0971. The molecule has 0 saturated heterocycles. The highest BCUT2D eigenvalue weighted by Gasteiger charge is 2.11. The first-order valence-electron chi connectivity index (χ1n) is 6.01. The van der Waals surface area contributed by atoms with Crippen LogP contribution in [0.3, 0.4) is 0 Å². The van der Waals surface area contributed by atoms with E-state index in [1.54, 1.807) is 0 Å². The molecule has 1 amide bonds. The van der Waals surface area contributed by atoms with Gasteiger partial charge in [0.1, 0.15) is 6.54 Å². The zero-order valence-electron chi connectivity index (χ0n) is 10.9. The van der Waals surface area contributed by atoms with Crippen molar-refractivity contribution in [3.8, 4) is 0 Å². The molecule has 2 aromatic rings. The van der Waals surface area contributed by atoms with Crippen molar-refractivity contribution in [1.82, 2.24) is 20.3 Å². The van der Waals surface area contributed by atoms with Gasteiger partial charge < -0.3 is 10.4 Å². The van der Waals surface area contributed by atoms with E-state index in [0.29, 0.717) is 6.54 Å². The second-order valence-corrected chi connectivity index (χ2v) is 4.30. The lowest BCUT2D eigenvalue weighted by Crippen LogP contribution is -2.23. The minimum atomic E-state index is -1.04. The standard InChI is InChI=1S/C13H14N4O3/c1-9-4-2-3-5-10(9)6-14-13(20)11-7-17(16-15-11)8-12(18)19/h2-5,7H,6,8H2,1H3,(H,14,20)(H,18,19). The van der Waals surface area contributed by atoms with Crippen molar-refractivity contribution in [2.24, 2.45) is 0 Å². The Labute approximate surface area is 115 Å². The average molecular weight is 274 g/mol. The molecule has 0 aliphatic rings. The smallest absolute Gasteiger partial charge is 0.325 e. The fourth-order valence-electron chi connectivity index (χ4n) is 1.69. The van der Waals surface area contributed by atoms with Crippen LogP contribution < -0.4 is 5.32 Å². The molecule has 7 heteroatoms. The molecule has 1 aromatic carbocycles. The summed E-state index contributed by atoms with van der Waals surface area (Å²) in [6.07, 6.45) is 1.31. The van der Waals surface area contributed by atoms with Gasteiger partial charge in [0.2, 0.25) is 0 Å². The number of carbonyl (C=O) groups is 2. The van der Waals surface area contributed by atoms with Crippen molar-refractivity contribution >= 4 is 11.9 Å². The Morgan fingerprint density at radius 1 is 1.35 bits per heavy atom. The fourth-order valence-corrected chi connectivity index (χ4v) is 1.69. The third-order valence-corrected chi connectivity index (χ3v) is 2.77. The fraction of sp³-hybridized carbons (Fsp3) is 0.231. The molecule has 0 atom stereocenters. The lowest BCUT2D eigenvalue weighted by Gasteiger charge is -2.06. The Morgan fingerprint density at radius 3 is 2.80 bits per heavy atom. The Bertz CT molecular complexity index is 636. The van der Waals surface area contributed by atoms with Gasteiger partial charge in [-0.25, -0.2) is 4.68 Å². The second kappa shape index (κ2) is 5.96. The summed E-state index contributed by atoms with van der Waals surface area (Å²) in [7, 11) is 0. The summed E-state index contributed by atoms with van der Waals surface area (Å²) in [4.78, 5) is 22.4. The van der Waals surface area contributed by atoms with Gasteiger partial charge in [-0.05, 0) is 18.1 Å². The second-order valence-electron chi connectivity index (χ2n) is 4.30. The Hall–Kier alpha value is -2.70. The van der Waals surface area contributed by atoms with E-state index in [0.717, 1.165) is 15.8 Å². The molecule has 0 saturated carbocycles. The van der Waals surface area contributed by atoms with Crippen LogP contribution in [0.5, 0.6) is 0 Å². The van der Waals surface area contributed by atoms with Crippen LogP contribution in [0.2, 0.25) is 0 Å². The van der Waals surface area contributed by atoms with Crippen molar-refractivity contribution in [1.29, 1.82) is 0 Å². The number of aromatic nitrogens is 3. The molecule has 20 heavy (non-hydrogen) atoms. The van der Waals surface area contributed by atoms with Crippen LogP contribution in [0.15, 0.2) is 30.5 Å². The molecule has 104 valence electrons. The van der Waals surface area contributed by atoms with Crippen molar-refractivity contribution in [3.63, 3.8) is 0 Å². The van der Waals surface area contributed by atoms with Crippen LogP contribution in [-0.2, 0) is 17.9 Å². The van der Waals surface area contributed by atoms with E-state index in [4.69, 9.17) is 5.11 Å². The van der Waals surface area contributed by atoms with E-state index < -0.39 is 5.97 Å². The molecule has 1 aromatic heterocycles. The van der Waals surface area contributed by atoms with Crippen LogP contribution in [0.25, 0.3) is 0 Å². The summed E-state index contributed by atoms with van der Waals surface area (Å²) < 4.78 is 1.10. The van der Waals surface area contributed by atoms with Gasteiger partial charge in [0.15, 0.2) is 5.69 Å². The number of nitrogens with zero attached hydrogens (tertiary/aromatic N) is 3. The van der Waals surface area contributed by atoms with Crippen LogP contribution in [0.1, 0.15) is 21.6 Å². The summed E-state index contributed by atoms with van der Waals surface area (Å²) in [5.74, 6) is -1.42. The highest BCUT2D eigenvalue weighted by molar-refractivity contribution is 5.91. The number of aryl methyl sites for hydroxylation is 1. The average Bonchev–Trinajstić information content (AvgIpc) is 2.85. The van der Waals surface area contributed by atoms with E-state index in [1.165, 1.54) is 6.20 Å². The highest BCUT2D eigenvalue weighted by atomic mass is 16.4. The number of rotatable bonds is 5. The predicted octanol–water partition coefficient (Wildman–Crippen LogP) is 0.601. The van der Waals surface area contributed by atoms with E-state index >= 15 is 0 Å². The lowest BCUT2D eigenvalue weighted by atomic mass is 10.1. The van der Waals surface area contributed by atoms with Gasteiger partial charge in [0.05, 0.1) is 6.20 Å². The molecule has 0 radical (unpaired) electrons. The molecule has 1 heterocycles. The van der Waals surface area contributed by atoms with E-state index in [2.05, 4.69) is 15.6 Å². The number of carboxylic acids is 1. The van der Waals surface area contributed by atoms with Gasteiger partial charge in [-0.15, -0.1) is 5.10 Å².